The molecule has 1 aliphatic rings. The van der Waals surface area contributed by atoms with Crippen LogP contribution in [0.3, 0.4) is 0 Å². The lowest BCUT2D eigenvalue weighted by atomic mass is 10.00. The number of carbonyl (C=O) groups is 1. The molecule has 4 heteroatoms. The first kappa shape index (κ1) is 13.6. The van der Waals surface area contributed by atoms with Crippen molar-refractivity contribution in [1.82, 2.24) is 10.2 Å². The van der Waals surface area contributed by atoms with E-state index >= 15 is 0 Å². The Morgan fingerprint density at radius 2 is 2.21 bits per heavy atom. The molecule has 1 aromatic carbocycles. The summed E-state index contributed by atoms with van der Waals surface area (Å²) in [5.74, 6) is 0.203. The maximum Gasteiger partial charge on any atom is 0.222 e. The second-order valence-electron chi connectivity index (χ2n) is 5.00. The van der Waals surface area contributed by atoms with E-state index in [-0.39, 0.29) is 18.0 Å². The van der Waals surface area contributed by atoms with Gasteiger partial charge >= 0.3 is 0 Å². The van der Waals surface area contributed by atoms with Gasteiger partial charge in [-0.2, -0.15) is 5.26 Å². The zero-order valence-corrected chi connectivity index (χ0v) is 11.2. The molecule has 0 aliphatic carbocycles. The molecule has 4 nitrogen and oxygen atoms in total. The fourth-order valence-corrected chi connectivity index (χ4v) is 2.48. The zero-order chi connectivity index (χ0) is 13.7. The van der Waals surface area contributed by atoms with Gasteiger partial charge in [0.15, 0.2) is 0 Å². The van der Waals surface area contributed by atoms with Crippen molar-refractivity contribution in [2.24, 2.45) is 0 Å². The molecule has 1 aromatic rings. The number of piperidine rings is 1. The van der Waals surface area contributed by atoms with E-state index in [9.17, 15) is 4.79 Å². The summed E-state index contributed by atoms with van der Waals surface area (Å²) in [5.41, 5.74) is 1.13. The average molecular weight is 257 g/mol. The van der Waals surface area contributed by atoms with Gasteiger partial charge in [0.05, 0.1) is 12.5 Å². The second kappa shape index (κ2) is 6.35. The number of hydrogen-bond acceptors (Lipinski definition) is 3. The molecule has 100 valence electrons. The first-order valence-electron chi connectivity index (χ1n) is 6.62. The van der Waals surface area contributed by atoms with Crippen molar-refractivity contribution in [3.8, 4) is 6.07 Å². The Labute approximate surface area is 114 Å². The van der Waals surface area contributed by atoms with Crippen molar-refractivity contribution < 1.29 is 4.79 Å². The number of nitrogens with one attached hydrogen (secondary N) is 1. The van der Waals surface area contributed by atoms with Gasteiger partial charge in [0, 0.05) is 32.1 Å². The molecule has 2 atom stereocenters. The maximum absolute atomic E-state index is 11.5. The van der Waals surface area contributed by atoms with Gasteiger partial charge in [-0.3, -0.25) is 4.79 Å². The van der Waals surface area contributed by atoms with Crippen LogP contribution in [-0.2, 0) is 4.79 Å². The van der Waals surface area contributed by atoms with Gasteiger partial charge in [0.2, 0.25) is 5.91 Å². The smallest absolute Gasteiger partial charge is 0.222 e. The van der Waals surface area contributed by atoms with Crippen molar-refractivity contribution in [2.45, 2.75) is 31.3 Å². The highest BCUT2D eigenvalue weighted by Crippen LogP contribution is 2.19. The molecule has 0 spiro atoms. The van der Waals surface area contributed by atoms with Crippen LogP contribution in [-0.4, -0.2) is 30.4 Å². The summed E-state index contributed by atoms with van der Waals surface area (Å²) in [4.78, 5) is 13.2. The summed E-state index contributed by atoms with van der Waals surface area (Å²) < 4.78 is 0. The van der Waals surface area contributed by atoms with Gasteiger partial charge in [0.1, 0.15) is 0 Å². The summed E-state index contributed by atoms with van der Waals surface area (Å²) in [6, 6.07) is 12.5. The van der Waals surface area contributed by atoms with Crippen molar-refractivity contribution in [1.29, 1.82) is 5.26 Å². The highest BCUT2D eigenvalue weighted by Gasteiger charge is 2.25. The fraction of sp³-hybridized carbons (Fsp3) is 0.467. The minimum absolute atomic E-state index is 0.0396. The van der Waals surface area contributed by atoms with Crippen LogP contribution < -0.4 is 5.32 Å². The minimum atomic E-state index is 0.0396. The molecule has 2 rings (SSSR count). The number of nitrogens with zero attached hydrogens (tertiary/aromatic N) is 2. The molecular weight excluding hydrogens is 238 g/mol. The van der Waals surface area contributed by atoms with E-state index in [1.165, 1.54) is 0 Å². The van der Waals surface area contributed by atoms with Crippen LogP contribution in [0.2, 0.25) is 0 Å². The molecule has 0 bridgehead atoms. The van der Waals surface area contributed by atoms with E-state index in [1.807, 2.05) is 37.4 Å². The van der Waals surface area contributed by atoms with E-state index in [4.69, 9.17) is 5.26 Å². The Balaban J connectivity index is 2.02. The van der Waals surface area contributed by atoms with E-state index in [0.29, 0.717) is 19.4 Å². The number of benzene rings is 1. The van der Waals surface area contributed by atoms with E-state index in [1.54, 1.807) is 4.90 Å². The lowest BCUT2D eigenvalue weighted by molar-refractivity contribution is -0.132. The molecule has 0 aromatic heterocycles. The third-order valence-corrected chi connectivity index (χ3v) is 3.56. The molecule has 1 fully saturated rings. The predicted octanol–water partition coefficient (Wildman–Crippen LogP) is 1.85. The Bertz CT molecular complexity index is 466. The number of likely N-dealkylation sites (tertiary alicyclic amines) is 1. The molecule has 19 heavy (non-hydrogen) atoms. The lowest BCUT2D eigenvalue weighted by Gasteiger charge is -2.32. The second-order valence-corrected chi connectivity index (χ2v) is 5.00. The van der Waals surface area contributed by atoms with Crippen LogP contribution in [0.25, 0.3) is 0 Å². The fourth-order valence-electron chi connectivity index (χ4n) is 2.48. The minimum Gasteiger partial charge on any atom is -0.344 e. The number of nitriles is 1. The monoisotopic (exact) mass is 257 g/mol. The maximum atomic E-state index is 11.5. The van der Waals surface area contributed by atoms with Crippen LogP contribution >= 0.6 is 0 Å². The Kier molecular flexibility index (Phi) is 4.53. The molecule has 2 unspecified atom stereocenters. The quantitative estimate of drug-likeness (QED) is 0.895. The van der Waals surface area contributed by atoms with Crippen LogP contribution in [0, 0.1) is 11.3 Å². The zero-order valence-electron chi connectivity index (χ0n) is 11.2. The van der Waals surface area contributed by atoms with Crippen molar-refractivity contribution in [3.63, 3.8) is 0 Å². The predicted molar refractivity (Wildman–Crippen MR) is 73.2 cm³/mol. The first-order valence-corrected chi connectivity index (χ1v) is 6.62. The largest absolute Gasteiger partial charge is 0.344 e. The molecular formula is C15H19N3O. The van der Waals surface area contributed by atoms with E-state index < -0.39 is 0 Å². The summed E-state index contributed by atoms with van der Waals surface area (Å²) in [6.07, 6.45) is 1.87. The molecule has 1 aliphatic heterocycles. The topological polar surface area (TPSA) is 56.1 Å². The van der Waals surface area contributed by atoms with Gasteiger partial charge in [0.25, 0.3) is 0 Å². The summed E-state index contributed by atoms with van der Waals surface area (Å²) in [6.45, 7) is 0.716. The molecule has 1 saturated heterocycles. The van der Waals surface area contributed by atoms with Gasteiger partial charge in [-0.15, -0.1) is 0 Å². The number of rotatable bonds is 4. The molecule has 0 saturated carbocycles. The Morgan fingerprint density at radius 3 is 2.84 bits per heavy atom. The van der Waals surface area contributed by atoms with Gasteiger partial charge in [-0.05, 0) is 12.0 Å². The Morgan fingerprint density at radius 1 is 1.47 bits per heavy atom. The third kappa shape index (κ3) is 3.55. The summed E-state index contributed by atoms with van der Waals surface area (Å²) in [7, 11) is 1.83. The molecule has 1 heterocycles. The van der Waals surface area contributed by atoms with E-state index in [0.717, 1.165) is 12.0 Å². The average Bonchev–Trinajstić information content (AvgIpc) is 2.43. The van der Waals surface area contributed by atoms with Crippen molar-refractivity contribution in [3.05, 3.63) is 35.9 Å². The van der Waals surface area contributed by atoms with Crippen LogP contribution in [0.4, 0.5) is 0 Å². The number of carbonyl (C=O) groups excluding carboxylic acids is 1. The number of amides is 1. The number of hydrogen-bond donors (Lipinski definition) is 1. The van der Waals surface area contributed by atoms with Crippen molar-refractivity contribution in [2.75, 3.05) is 13.6 Å². The Hall–Kier alpha value is -1.86. The van der Waals surface area contributed by atoms with Crippen LogP contribution in [0.15, 0.2) is 30.3 Å². The van der Waals surface area contributed by atoms with Crippen LogP contribution in [0.1, 0.15) is 30.9 Å². The van der Waals surface area contributed by atoms with Crippen molar-refractivity contribution >= 4 is 5.91 Å². The highest BCUT2D eigenvalue weighted by molar-refractivity contribution is 5.76. The molecule has 0 radical (unpaired) electrons. The van der Waals surface area contributed by atoms with Gasteiger partial charge < -0.3 is 10.2 Å². The normalized spacial score (nSPS) is 20.9. The highest BCUT2D eigenvalue weighted by atomic mass is 16.2. The SMILES string of the molecule is CN1CC(NC(CC#N)c2ccccc2)CCC1=O. The van der Waals surface area contributed by atoms with Gasteiger partial charge in [-0.25, -0.2) is 0 Å². The van der Waals surface area contributed by atoms with Crippen LogP contribution in [0.5, 0.6) is 0 Å². The van der Waals surface area contributed by atoms with Gasteiger partial charge in [-0.1, -0.05) is 30.3 Å². The lowest BCUT2D eigenvalue weighted by Crippen LogP contribution is -2.47. The molecule has 1 N–H and O–H groups in total. The summed E-state index contributed by atoms with van der Waals surface area (Å²) in [5, 5.41) is 12.5. The third-order valence-electron chi connectivity index (χ3n) is 3.56. The van der Waals surface area contributed by atoms with E-state index in [2.05, 4.69) is 11.4 Å². The number of likely N-dealkylation sites (N-methyl/N-ethyl adjacent to an activating group) is 1. The standard InChI is InChI=1S/C15H19N3O/c1-18-11-13(7-8-15(18)19)17-14(9-10-16)12-5-3-2-4-6-12/h2-6,13-14,17H,7-9,11H2,1H3. The molecule has 1 amide bonds. The first-order chi connectivity index (χ1) is 9.20. The summed E-state index contributed by atoms with van der Waals surface area (Å²) >= 11 is 0.